The first-order valence-electron chi connectivity index (χ1n) is 5.77. The van der Waals surface area contributed by atoms with Crippen molar-refractivity contribution in [1.82, 2.24) is 15.2 Å². The number of carbonyl (C=O) groups excluding carboxylic acids is 1. The number of nitrogens with two attached hydrogens (primary N) is 1. The van der Waals surface area contributed by atoms with Crippen molar-refractivity contribution in [3.05, 3.63) is 51.8 Å². The average Bonchev–Trinajstić information content (AvgIpc) is 2.86. The highest BCUT2D eigenvalue weighted by atomic mass is 79.9. The van der Waals surface area contributed by atoms with Crippen molar-refractivity contribution >= 4 is 38.4 Å². The second kappa shape index (κ2) is 4.88. The van der Waals surface area contributed by atoms with Crippen molar-refractivity contribution in [3.63, 3.8) is 0 Å². The molecule has 1 aromatic carbocycles. The van der Waals surface area contributed by atoms with Crippen LogP contribution in [0.1, 0.15) is 16.1 Å². The average molecular weight is 353 g/mol. The van der Waals surface area contributed by atoms with Crippen LogP contribution in [-0.4, -0.2) is 21.0 Å². The van der Waals surface area contributed by atoms with Gasteiger partial charge in [0.25, 0.3) is 0 Å². The molecule has 106 valence electrons. The number of ketones is 1. The molecular weight excluding hydrogens is 346 g/mol. The Balaban J connectivity index is 2.22. The first-order valence-corrected chi connectivity index (χ1v) is 6.56. The minimum absolute atomic E-state index is 0.0535. The van der Waals surface area contributed by atoms with Gasteiger partial charge in [-0.25, -0.2) is 13.8 Å². The van der Waals surface area contributed by atoms with Gasteiger partial charge in [-0.3, -0.25) is 9.89 Å². The van der Waals surface area contributed by atoms with E-state index >= 15 is 0 Å². The number of nitrogens with one attached hydrogen (secondary N) is 1. The molecule has 0 amide bonds. The normalized spacial score (nSPS) is 11.0. The Kier molecular flexibility index (Phi) is 3.17. The summed E-state index contributed by atoms with van der Waals surface area (Å²) in [6.45, 7) is 0. The summed E-state index contributed by atoms with van der Waals surface area (Å²) >= 11 is 3.21. The fourth-order valence-corrected chi connectivity index (χ4v) is 2.28. The summed E-state index contributed by atoms with van der Waals surface area (Å²) in [6, 6.07) is 3.59. The van der Waals surface area contributed by atoms with Crippen LogP contribution < -0.4 is 5.73 Å². The molecule has 0 fully saturated rings. The highest BCUT2D eigenvalue weighted by Crippen LogP contribution is 2.25. The van der Waals surface area contributed by atoms with Gasteiger partial charge in [0.05, 0.1) is 16.6 Å². The van der Waals surface area contributed by atoms with E-state index in [1.165, 1.54) is 6.20 Å². The maximum atomic E-state index is 13.9. The molecule has 0 saturated carbocycles. The lowest BCUT2D eigenvalue weighted by Crippen LogP contribution is -2.10. The van der Waals surface area contributed by atoms with Crippen molar-refractivity contribution in [2.75, 3.05) is 5.73 Å². The SMILES string of the molecule is Nc1ccc(F)c(C(=O)c2[nH]nc3ncc(Br)cc23)c1F. The highest BCUT2D eigenvalue weighted by molar-refractivity contribution is 9.10. The summed E-state index contributed by atoms with van der Waals surface area (Å²) in [5.41, 5.74) is 4.57. The summed E-state index contributed by atoms with van der Waals surface area (Å²) in [4.78, 5) is 16.4. The van der Waals surface area contributed by atoms with E-state index in [0.29, 0.717) is 9.86 Å². The molecule has 0 bridgehead atoms. The molecular formula is C13H7BrF2N4O. The second-order valence-corrected chi connectivity index (χ2v) is 5.19. The molecule has 0 atom stereocenters. The van der Waals surface area contributed by atoms with E-state index in [1.54, 1.807) is 6.07 Å². The molecule has 0 saturated heterocycles. The van der Waals surface area contributed by atoms with Gasteiger partial charge in [-0.1, -0.05) is 0 Å². The van der Waals surface area contributed by atoms with Gasteiger partial charge in [0, 0.05) is 10.7 Å². The fraction of sp³-hybridized carbons (Fsp3) is 0. The summed E-state index contributed by atoms with van der Waals surface area (Å²) in [5.74, 6) is -2.96. The predicted molar refractivity (Wildman–Crippen MR) is 75.8 cm³/mol. The monoisotopic (exact) mass is 352 g/mol. The van der Waals surface area contributed by atoms with Crippen LogP contribution in [0, 0.1) is 11.6 Å². The maximum absolute atomic E-state index is 13.9. The van der Waals surface area contributed by atoms with Crippen molar-refractivity contribution in [2.45, 2.75) is 0 Å². The molecule has 2 aromatic heterocycles. The standard InChI is InChI=1S/C13H7BrF2N4O/c14-5-3-6-11(19-20-13(6)18-4-5)12(21)9-7(15)1-2-8(17)10(9)16/h1-4H,17H2,(H,18,19,20). The van der Waals surface area contributed by atoms with Crippen LogP contribution in [0.3, 0.4) is 0 Å². The van der Waals surface area contributed by atoms with Gasteiger partial charge >= 0.3 is 0 Å². The summed E-state index contributed by atoms with van der Waals surface area (Å²) in [7, 11) is 0. The van der Waals surface area contributed by atoms with E-state index in [-0.39, 0.29) is 17.0 Å². The molecule has 0 radical (unpaired) electrons. The van der Waals surface area contributed by atoms with Crippen LogP contribution in [0.4, 0.5) is 14.5 Å². The number of aromatic nitrogens is 3. The number of carbonyl (C=O) groups is 1. The third-order valence-corrected chi connectivity index (χ3v) is 3.39. The lowest BCUT2D eigenvalue weighted by molar-refractivity contribution is 0.102. The highest BCUT2D eigenvalue weighted by Gasteiger charge is 2.24. The Morgan fingerprint density at radius 2 is 2.10 bits per heavy atom. The number of hydrogen-bond acceptors (Lipinski definition) is 4. The number of nitrogen functional groups attached to an aromatic ring is 1. The molecule has 8 heteroatoms. The van der Waals surface area contributed by atoms with Gasteiger partial charge in [-0.05, 0) is 34.1 Å². The Morgan fingerprint density at radius 1 is 1.33 bits per heavy atom. The Morgan fingerprint density at radius 3 is 2.86 bits per heavy atom. The third kappa shape index (κ3) is 2.17. The number of aromatic amines is 1. The molecule has 0 aliphatic rings. The fourth-order valence-electron chi connectivity index (χ4n) is 1.95. The van der Waals surface area contributed by atoms with Gasteiger partial charge in [-0.2, -0.15) is 5.10 Å². The van der Waals surface area contributed by atoms with Gasteiger partial charge in [0.15, 0.2) is 11.5 Å². The topological polar surface area (TPSA) is 84.7 Å². The first-order chi connectivity index (χ1) is 9.99. The molecule has 21 heavy (non-hydrogen) atoms. The summed E-state index contributed by atoms with van der Waals surface area (Å²) < 4.78 is 28.3. The van der Waals surface area contributed by atoms with Crippen LogP contribution in [0.15, 0.2) is 28.9 Å². The lowest BCUT2D eigenvalue weighted by atomic mass is 10.0. The Labute approximate surface area is 125 Å². The third-order valence-electron chi connectivity index (χ3n) is 2.95. The summed E-state index contributed by atoms with van der Waals surface area (Å²) in [6.07, 6.45) is 1.50. The number of pyridine rings is 1. The van der Waals surface area contributed by atoms with Gasteiger partial charge < -0.3 is 5.73 Å². The Hall–Kier alpha value is -2.35. The predicted octanol–water partition coefficient (Wildman–Crippen LogP) is 2.81. The minimum Gasteiger partial charge on any atom is -0.396 e. The molecule has 0 aliphatic carbocycles. The minimum atomic E-state index is -1.09. The van der Waals surface area contributed by atoms with E-state index in [1.807, 2.05) is 0 Å². The van der Waals surface area contributed by atoms with Crippen LogP contribution in [0.5, 0.6) is 0 Å². The van der Waals surface area contributed by atoms with Crippen LogP contribution in [0.25, 0.3) is 11.0 Å². The molecule has 3 aromatic rings. The smallest absolute Gasteiger partial charge is 0.217 e. The molecule has 2 heterocycles. The zero-order valence-corrected chi connectivity index (χ0v) is 11.9. The van der Waals surface area contributed by atoms with Gasteiger partial charge in [0.1, 0.15) is 11.5 Å². The number of halogens is 3. The number of anilines is 1. The van der Waals surface area contributed by atoms with E-state index in [9.17, 15) is 13.6 Å². The number of H-pyrrole nitrogens is 1. The second-order valence-electron chi connectivity index (χ2n) is 4.28. The van der Waals surface area contributed by atoms with Crippen molar-refractivity contribution in [3.8, 4) is 0 Å². The number of hydrogen-bond donors (Lipinski definition) is 2. The molecule has 0 unspecified atom stereocenters. The first kappa shape index (κ1) is 13.6. The van der Waals surface area contributed by atoms with E-state index in [2.05, 4.69) is 31.1 Å². The zero-order valence-electron chi connectivity index (χ0n) is 10.3. The number of nitrogens with zero attached hydrogens (tertiary/aromatic N) is 2. The van der Waals surface area contributed by atoms with Crippen molar-refractivity contribution in [2.24, 2.45) is 0 Å². The van der Waals surface area contributed by atoms with E-state index in [4.69, 9.17) is 5.73 Å². The van der Waals surface area contributed by atoms with Crippen molar-refractivity contribution in [1.29, 1.82) is 0 Å². The molecule has 0 spiro atoms. The van der Waals surface area contributed by atoms with E-state index in [0.717, 1.165) is 12.1 Å². The van der Waals surface area contributed by atoms with E-state index < -0.39 is 23.0 Å². The number of fused-ring (bicyclic) bond motifs is 1. The van der Waals surface area contributed by atoms with Crippen LogP contribution in [0.2, 0.25) is 0 Å². The summed E-state index contributed by atoms with van der Waals surface area (Å²) in [5, 5.41) is 6.65. The zero-order chi connectivity index (χ0) is 15.1. The van der Waals surface area contributed by atoms with Crippen LogP contribution in [-0.2, 0) is 0 Å². The molecule has 5 nitrogen and oxygen atoms in total. The van der Waals surface area contributed by atoms with Crippen molar-refractivity contribution < 1.29 is 13.6 Å². The quantitative estimate of drug-likeness (QED) is 0.548. The number of benzene rings is 1. The molecule has 0 aliphatic heterocycles. The number of rotatable bonds is 2. The maximum Gasteiger partial charge on any atom is 0.217 e. The molecule has 3 rings (SSSR count). The molecule has 3 N–H and O–H groups in total. The lowest BCUT2D eigenvalue weighted by Gasteiger charge is -2.05. The largest absolute Gasteiger partial charge is 0.396 e. The van der Waals surface area contributed by atoms with Gasteiger partial charge in [-0.15, -0.1) is 0 Å². The van der Waals surface area contributed by atoms with Gasteiger partial charge in [0.2, 0.25) is 5.78 Å². The van der Waals surface area contributed by atoms with Crippen LogP contribution >= 0.6 is 15.9 Å². The Bertz CT molecular complexity index is 878.